The molecule has 1 saturated heterocycles. The van der Waals surface area contributed by atoms with Crippen LogP contribution in [0.2, 0.25) is 5.02 Å². The lowest BCUT2D eigenvalue weighted by molar-refractivity contribution is 0.283. The van der Waals surface area contributed by atoms with Gasteiger partial charge in [0.2, 0.25) is 0 Å². The van der Waals surface area contributed by atoms with Crippen molar-refractivity contribution in [3.05, 3.63) is 36.2 Å². The van der Waals surface area contributed by atoms with E-state index in [2.05, 4.69) is 22.8 Å². The summed E-state index contributed by atoms with van der Waals surface area (Å²) in [5, 5.41) is 0.812. The van der Waals surface area contributed by atoms with Gasteiger partial charge in [0.15, 0.2) is 0 Å². The van der Waals surface area contributed by atoms with Gasteiger partial charge in [0.1, 0.15) is 0 Å². The number of halogens is 1. The average molecular weight is 224 g/mol. The summed E-state index contributed by atoms with van der Waals surface area (Å²) in [4.78, 5) is 4.74. The van der Waals surface area contributed by atoms with Crippen molar-refractivity contribution < 1.29 is 0 Å². The minimum Gasteiger partial charge on any atom is -0.369 e. The van der Waals surface area contributed by atoms with Crippen LogP contribution in [0.25, 0.3) is 0 Å². The van der Waals surface area contributed by atoms with Crippen molar-refractivity contribution in [1.82, 2.24) is 4.90 Å². The van der Waals surface area contributed by atoms with E-state index in [-0.39, 0.29) is 0 Å². The first-order valence-corrected chi connectivity index (χ1v) is 5.69. The van der Waals surface area contributed by atoms with Crippen LogP contribution in [0.4, 0.5) is 5.69 Å². The van der Waals surface area contributed by atoms with Gasteiger partial charge in [-0.3, -0.25) is 4.90 Å². The van der Waals surface area contributed by atoms with Gasteiger partial charge in [-0.2, -0.15) is 0 Å². The lowest BCUT2D eigenvalue weighted by Crippen LogP contribution is -2.46. The standard InChI is InChI=1S/C12H16ClN2/c1-2-14-6-8-15(9-7-14)12-5-3-4-11(13)10-12/h3-5,10H,1-2,6-9H2. The van der Waals surface area contributed by atoms with E-state index >= 15 is 0 Å². The zero-order chi connectivity index (χ0) is 10.7. The summed E-state index contributed by atoms with van der Waals surface area (Å²) in [6.45, 7) is 9.13. The average Bonchev–Trinajstić information content (AvgIpc) is 2.29. The van der Waals surface area contributed by atoms with Crippen molar-refractivity contribution in [2.75, 3.05) is 37.6 Å². The van der Waals surface area contributed by atoms with E-state index in [1.807, 2.05) is 18.2 Å². The normalized spacial score (nSPS) is 18.1. The molecule has 0 N–H and O–H groups in total. The number of hydrogen-bond donors (Lipinski definition) is 0. The predicted molar refractivity (Wildman–Crippen MR) is 65.5 cm³/mol. The molecule has 3 heteroatoms. The molecular formula is C12H16ClN2. The van der Waals surface area contributed by atoms with Gasteiger partial charge in [0.25, 0.3) is 0 Å². The van der Waals surface area contributed by atoms with E-state index in [1.165, 1.54) is 5.69 Å². The SMILES string of the molecule is [CH2]CN1CCN(c2cccc(Cl)c2)CC1. The molecule has 0 amide bonds. The highest BCUT2D eigenvalue weighted by Gasteiger charge is 2.15. The highest BCUT2D eigenvalue weighted by atomic mass is 35.5. The Labute approximate surface area is 96.4 Å². The fourth-order valence-corrected chi connectivity index (χ4v) is 2.09. The van der Waals surface area contributed by atoms with Crippen LogP contribution in [-0.2, 0) is 0 Å². The molecular weight excluding hydrogens is 208 g/mol. The summed E-state index contributed by atoms with van der Waals surface area (Å²) in [7, 11) is 0. The lowest BCUT2D eigenvalue weighted by Gasteiger charge is -2.35. The molecule has 1 aromatic rings. The summed E-state index contributed by atoms with van der Waals surface area (Å²) in [6.07, 6.45) is 0. The number of nitrogens with zero attached hydrogens (tertiary/aromatic N) is 2. The topological polar surface area (TPSA) is 6.48 Å². The maximum absolute atomic E-state index is 5.97. The van der Waals surface area contributed by atoms with Crippen molar-refractivity contribution in [3.63, 3.8) is 0 Å². The number of piperazine rings is 1. The van der Waals surface area contributed by atoms with Gasteiger partial charge in [-0.1, -0.05) is 17.7 Å². The monoisotopic (exact) mass is 223 g/mol. The molecule has 2 nitrogen and oxygen atoms in total. The Morgan fingerprint density at radius 2 is 1.93 bits per heavy atom. The van der Waals surface area contributed by atoms with E-state index in [0.717, 1.165) is 37.7 Å². The number of rotatable bonds is 2. The van der Waals surface area contributed by atoms with Gasteiger partial charge in [0, 0.05) is 36.9 Å². The zero-order valence-electron chi connectivity index (χ0n) is 8.82. The Kier molecular flexibility index (Phi) is 3.49. The van der Waals surface area contributed by atoms with E-state index in [9.17, 15) is 0 Å². The Balaban J connectivity index is 2.01. The summed E-state index contributed by atoms with van der Waals surface area (Å²) >= 11 is 5.97. The van der Waals surface area contributed by atoms with Crippen LogP contribution >= 0.6 is 11.6 Å². The van der Waals surface area contributed by atoms with Gasteiger partial charge < -0.3 is 4.90 Å². The fraction of sp³-hybridized carbons (Fsp3) is 0.417. The van der Waals surface area contributed by atoms with Crippen LogP contribution < -0.4 is 4.90 Å². The van der Waals surface area contributed by atoms with E-state index < -0.39 is 0 Å². The van der Waals surface area contributed by atoms with Crippen LogP contribution in [-0.4, -0.2) is 37.6 Å². The second kappa shape index (κ2) is 4.86. The van der Waals surface area contributed by atoms with E-state index in [1.54, 1.807) is 0 Å². The molecule has 0 atom stereocenters. The van der Waals surface area contributed by atoms with Crippen LogP contribution in [0.5, 0.6) is 0 Å². The lowest BCUT2D eigenvalue weighted by atomic mass is 10.2. The summed E-state index contributed by atoms with van der Waals surface area (Å²) in [5.41, 5.74) is 1.23. The van der Waals surface area contributed by atoms with Crippen LogP contribution in [0.3, 0.4) is 0 Å². The predicted octanol–water partition coefficient (Wildman–Crippen LogP) is 2.30. The molecule has 1 fully saturated rings. The smallest absolute Gasteiger partial charge is 0.0426 e. The first-order chi connectivity index (χ1) is 7.29. The second-order valence-corrected chi connectivity index (χ2v) is 4.24. The van der Waals surface area contributed by atoms with Gasteiger partial charge >= 0.3 is 0 Å². The Morgan fingerprint density at radius 3 is 2.53 bits per heavy atom. The zero-order valence-corrected chi connectivity index (χ0v) is 9.58. The van der Waals surface area contributed by atoms with Crippen molar-refractivity contribution in [2.24, 2.45) is 0 Å². The first kappa shape index (κ1) is 10.8. The van der Waals surface area contributed by atoms with Crippen LogP contribution in [0.1, 0.15) is 0 Å². The minimum atomic E-state index is 0.812. The number of anilines is 1. The first-order valence-electron chi connectivity index (χ1n) is 5.32. The molecule has 2 rings (SSSR count). The highest BCUT2D eigenvalue weighted by Crippen LogP contribution is 2.20. The second-order valence-electron chi connectivity index (χ2n) is 3.81. The molecule has 81 valence electrons. The Bertz CT molecular complexity index is 319. The van der Waals surface area contributed by atoms with Gasteiger partial charge in [-0.15, -0.1) is 0 Å². The van der Waals surface area contributed by atoms with Crippen molar-refractivity contribution in [2.45, 2.75) is 0 Å². The minimum absolute atomic E-state index is 0.812. The molecule has 15 heavy (non-hydrogen) atoms. The fourth-order valence-electron chi connectivity index (χ4n) is 1.90. The molecule has 1 radical (unpaired) electrons. The van der Waals surface area contributed by atoms with Gasteiger partial charge in [0.05, 0.1) is 0 Å². The third-order valence-electron chi connectivity index (χ3n) is 2.86. The quantitative estimate of drug-likeness (QED) is 0.759. The number of benzene rings is 1. The van der Waals surface area contributed by atoms with Crippen molar-refractivity contribution in [1.29, 1.82) is 0 Å². The summed E-state index contributed by atoms with van der Waals surface area (Å²) < 4.78 is 0. The molecule has 0 aromatic heterocycles. The van der Waals surface area contributed by atoms with Crippen LogP contribution in [0, 0.1) is 6.92 Å². The van der Waals surface area contributed by atoms with Crippen LogP contribution in [0.15, 0.2) is 24.3 Å². The molecule has 0 unspecified atom stereocenters. The molecule has 0 aliphatic carbocycles. The summed E-state index contributed by atoms with van der Waals surface area (Å²) in [6, 6.07) is 8.07. The molecule has 0 bridgehead atoms. The summed E-state index contributed by atoms with van der Waals surface area (Å²) in [5.74, 6) is 0. The van der Waals surface area contributed by atoms with Gasteiger partial charge in [-0.25, -0.2) is 0 Å². The largest absolute Gasteiger partial charge is 0.369 e. The Hall–Kier alpha value is -0.730. The molecule has 0 spiro atoms. The molecule has 1 heterocycles. The maximum atomic E-state index is 5.97. The molecule has 1 aromatic carbocycles. The van der Waals surface area contributed by atoms with E-state index in [0.29, 0.717) is 0 Å². The van der Waals surface area contributed by atoms with E-state index in [4.69, 9.17) is 11.6 Å². The van der Waals surface area contributed by atoms with Gasteiger partial charge in [-0.05, 0) is 31.7 Å². The Morgan fingerprint density at radius 1 is 1.20 bits per heavy atom. The third kappa shape index (κ3) is 2.64. The maximum Gasteiger partial charge on any atom is 0.0426 e. The number of hydrogen-bond acceptors (Lipinski definition) is 2. The van der Waals surface area contributed by atoms with Crippen molar-refractivity contribution in [3.8, 4) is 0 Å². The molecule has 0 saturated carbocycles. The molecule has 1 aliphatic rings. The molecule has 1 aliphatic heterocycles. The van der Waals surface area contributed by atoms with Crippen molar-refractivity contribution >= 4 is 17.3 Å². The highest BCUT2D eigenvalue weighted by molar-refractivity contribution is 6.30. The third-order valence-corrected chi connectivity index (χ3v) is 3.10.